The lowest BCUT2D eigenvalue weighted by Crippen LogP contribution is -2.60. The molecule has 1 saturated heterocycles. The molecule has 0 bridgehead atoms. The molecule has 0 radical (unpaired) electrons. The van der Waals surface area contributed by atoms with Gasteiger partial charge in [0.25, 0.3) is 5.91 Å². The van der Waals surface area contributed by atoms with Crippen molar-refractivity contribution >= 4 is 58.3 Å². The quantitative estimate of drug-likeness (QED) is 0.370. The highest BCUT2D eigenvalue weighted by Gasteiger charge is 2.34. The minimum absolute atomic E-state index is 0.0413. The van der Waals surface area contributed by atoms with Gasteiger partial charge in [0, 0.05) is 18.1 Å². The third-order valence-corrected chi connectivity index (χ3v) is 5.24. The van der Waals surface area contributed by atoms with Crippen LogP contribution < -0.4 is 10.6 Å². The van der Waals surface area contributed by atoms with Crippen molar-refractivity contribution < 1.29 is 19.1 Å². The summed E-state index contributed by atoms with van der Waals surface area (Å²) in [6, 6.07) is 3.62. The highest BCUT2D eigenvalue weighted by molar-refractivity contribution is 7.80. The van der Waals surface area contributed by atoms with Crippen molar-refractivity contribution in [1.29, 1.82) is 0 Å². The Morgan fingerprint density at radius 3 is 2.79 bits per heavy atom. The molecule has 1 aromatic carbocycles. The molecule has 1 unspecified atom stereocenters. The average molecular weight is 460 g/mol. The van der Waals surface area contributed by atoms with Crippen LogP contribution in [-0.2, 0) is 14.3 Å². The van der Waals surface area contributed by atoms with E-state index in [1.54, 1.807) is 0 Å². The van der Waals surface area contributed by atoms with E-state index in [4.69, 9.17) is 40.2 Å². The lowest BCUT2D eigenvalue weighted by Gasteiger charge is -2.36. The molecule has 7 nitrogen and oxygen atoms in total. The first-order valence-corrected chi connectivity index (χ1v) is 10.5. The standard InChI is InChI=1S/C19H23Cl2N3O4S/c1-2-3-4-9-28-16(25)11-15-18(27)22-7-8-24(15)19(29)23-17(26)13-6-5-12(20)10-14(13)21/h5-6,10,15H,2-4,7-9,11H2,1H3,(H,22,27)(H,23,26,29). The molecule has 1 atom stereocenters. The Morgan fingerprint density at radius 2 is 2.10 bits per heavy atom. The van der Waals surface area contributed by atoms with E-state index in [-0.39, 0.29) is 28.0 Å². The number of carbonyl (C=O) groups is 3. The topological polar surface area (TPSA) is 87.7 Å². The Labute approximate surface area is 185 Å². The molecule has 0 spiro atoms. The number of piperazine rings is 1. The number of amides is 2. The first-order chi connectivity index (χ1) is 13.8. The number of unbranched alkanes of at least 4 members (excludes halogenated alkanes) is 2. The molecular formula is C19H23Cl2N3O4S. The van der Waals surface area contributed by atoms with Crippen LogP contribution in [0.1, 0.15) is 43.0 Å². The van der Waals surface area contributed by atoms with Crippen LogP contribution in [-0.4, -0.2) is 53.5 Å². The zero-order valence-electron chi connectivity index (χ0n) is 16.0. The second-order valence-electron chi connectivity index (χ2n) is 6.52. The number of ether oxygens (including phenoxy) is 1. The maximum Gasteiger partial charge on any atom is 0.308 e. The van der Waals surface area contributed by atoms with Gasteiger partial charge in [0.05, 0.1) is 23.6 Å². The Bertz CT molecular complexity index is 791. The second-order valence-corrected chi connectivity index (χ2v) is 7.75. The highest BCUT2D eigenvalue weighted by Crippen LogP contribution is 2.21. The third kappa shape index (κ3) is 6.83. The maximum atomic E-state index is 12.5. The van der Waals surface area contributed by atoms with Gasteiger partial charge >= 0.3 is 5.97 Å². The predicted molar refractivity (Wildman–Crippen MR) is 115 cm³/mol. The molecule has 1 aliphatic rings. The first kappa shape index (κ1) is 23.4. The summed E-state index contributed by atoms with van der Waals surface area (Å²) in [5.74, 6) is -1.35. The number of rotatable bonds is 7. The molecule has 29 heavy (non-hydrogen) atoms. The summed E-state index contributed by atoms with van der Waals surface area (Å²) in [5, 5.41) is 5.90. The van der Waals surface area contributed by atoms with Crippen LogP contribution in [0.3, 0.4) is 0 Å². The molecule has 0 aliphatic carbocycles. The van der Waals surface area contributed by atoms with Crippen LogP contribution in [0.4, 0.5) is 0 Å². The molecule has 1 aliphatic heterocycles. The number of nitrogens with zero attached hydrogens (tertiary/aromatic N) is 1. The van der Waals surface area contributed by atoms with E-state index in [1.165, 1.54) is 23.1 Å². The Hall–Kier alpha value is -1.90. The van der Waals surface area contributed by atoms with Crippen LogP contribution in [0.15, 0.2) is 18.2 Å². The Kier molecular flexibility index (Phi) is 9.13. The third-order valence-electron chi connectivity index (χ3n) is 4.36. The molecule has 158 valence electrons. The number of carbonyl (C=O) groups excluding carboxylic acids is 3. The summed E-state index contributed by atoms with van der Waals surface area (Å²) in [6.45, 7) is 3.07. The zero-order chi connectivity index (χ0) is 21.4. The number of thiocarbonyl (C=S) groups is 1. The summed E-state index contributed by atoms with van der Waals surface area (Å²) >= 11 is 17.2. The van der Waals surface area contributed by atoms with Crippen molar-refractivity contribution in [3.05, 3.63) is 33.8 Å². The van der Waals surface area contributed by atoms with Gasteiger partial charge < -0.3 is 15.0 Å². The van der Waals surface area contributed by atoms with Gasteiger partial charge in [0.1, 0.15) is 6.04 Å². The molecule has 2 amide bonds. The molecular weight excluding hydrogens is 437 g/mol. The fourth-order valence-corrected chi connectivity index (χ4v) is 3.63. The van der Waals surface area contributed by atoms with Gasteiger partial charge in [-0.25, -0.2) is 0 Å². The van der Waals surface area contributed by atoms with Crippen molar-refractivity contribution in [2.24, 2.45) is 0 Å². The smallest absolute Gasteiger partial charge is 0.308 e. The SMILES string of the molecule is CCCCCOC(=O)CC1C(=O)NCCN1C(=S)NC(=O)c1ccc(Cl)cc1Cl. The van der Waals surface area contributed by atoms with Crippen LogP contribution in [0.5, 0.6) is 0 Å². The van der Waals surface area contributed by atoms with Crippen molar-refractivity contribution in [2.75, 3.05) is 19.7 Å². The van der Waals surface area contributed by atoms with Crippen molar-refractivity contribution in [3.63, 3.8) is 0 Å². The predicted octanol–water partition coefficient (Wildman–Crippen LogP) is 2.93. The molecule has 2 rings (SSSR count). The monoisotopic (exact) mass is 459 g/mol. The van der Waals surface area contributed by atoms with E-state index in [0.717, 1.165) is 19.3 Å². The number of hydrogen-bond donors (Lipinski definition) is 2. The minimum atomic E-state index is -0.851. The van der Waals surface area contributed by atoms with E-state index in [9.17, 15) is 14.4 Å². The fraction of sp³-hybridized carbons (Fsp3) is 0.474. The first-order valence-electron chi connectivity index (χ1n) is 9.33. The summed E-state index contributed by atoms with van der Waals surface area (Å²) in [4.78, 5) is 38.4. The molecule has 0 aromatic heterocycles. The van der Waals surface area contributed by atoms with Crippen LogP contribution >= 0.6 is 35.4 Å². The summed E-state index contributed by atoms with van der Waals surface area (Å²) in [6.07, 6.45) is 2.60. The van der Waals surface area contributed by atoms with E-state index in [0.29, 0.717) is 24.7 Å². The highest BCUT2D eigenvalue weighted by atomic mass is 35.5. The van der Waals surface area contributed by atoms with Gasteiger partial charge in [0.15, 0.2) is 5.11 Å². The average Bonchev–Trinajstić information content (AvgIpc) is 2.66. The number of halogens is 2. The van der Waals surface area contributed by atoms with Crippen LogP contribution in [0.2, 0.25) is 10.0 Å². The number of benzene rings is 1. The van der Waals surface area contributed by atoms with Gasteiger partial charge in [-0.15, -0.1) is 0 Å². The molecule has 2 N–H and O–H groups in total. The van der Waals surface area contributed by atoms with Crippen LogP contribution in [0.25, 0.3) is 0 Å². The number of esters is 1. The molecule has 1 aromatic rings. The van der Waals surface area contributed by atoms with Gasteiger partial charge in [-0.3, -0.25) is 19.7 Å². The zero-order valence-corrected chi connectivity index (χ0v) is 18.3. The van der Waals surface area contributed by atoms with Crippen molar-refractivity contribution in [2.45, 2.75) is 38.6 Å². The van der Waals surface area contributed by atoms with E-state index in [2.05, 4.69) is 17.6 Å². The Balaban J connectivity index is 2.01. The maximum absolute atomic E-state index is 12.5. The lowest BCUT2D eigenvalue weighted by atomic mass is 10.1. The summed E-state index contributed by atoms with van der Waals surface area (Å²) in [5.41, 5.74) is 0.201. The second kappa shape index (κ2) is 11.3. The van der Waals surface area contributed by atoms with Gasteiger partial charge in [-0.05, 0) is 36.8 Å². The number of hydrogen-bond acceptors (Lipinski definition) is 5. The summed E-state index contributed by atoms with van der Waals surface area (Å²) < 4.78 is 5.19. The van der Waals surface area contributed by atoms with E-state index >= 15 is 0 Å². The van der Waals surface area contributed by atoms with Gasteiger partial charge in [-0.1, -0.05) is 43.0 Å². The number of nitrogens with one attached hydrogen (secondary N) is 2. The molecule has 1 fully saturated rings. The van der Waals surface area contributed by atoms with Gasteiger partial charge in [-0.2, -0.15) is 0 Å². The van der Waals surface area contributed by atoms with Gasteiger partial charge in [0.2, 0.25) is 5.91 Å². The van der Waals surface area contributed by atoms with Crippen molar-refractivity contribution in [3.8, 4) is 0 Å². The minimum Gasteiger partial charge on any atom is -0.466 e. The Morgan fingerprint density at radius 1 is 1.34 bits per heavy atom. The van der Waals surface area contributed by atoms with Crippen LogP contribution in [0, 0.1) is 0 Å². The van der Waals surface area contributed by atoms with E-state index < -0.39 is 17.9 Å². The molecule has 10 heteroatoms. The normalized spacial score (nSPS) is 16.2. The molecule has 0 saturated carbocycles. The van der Waals surface area contributed by atoms with E-state index in [1.807, 2.05) is 0 Å². The lowest BCUT2D eigenvalue weighted by molar-refractivity contribution is -0.147. The molecule has 1 heterocycles. The van der Waals surface area contributed by atoms with Crippen molar-refractivity contribution in [1.82, 2.24) is 15.5 Å². The summed E-state index contributed by atoms with van der Waals surface area (Å²) in [7, 11) is 0. The largest absolute Gasteiger partial charge is 0.466 e. The fourth-order valence-electron chi connectivity index (χ4n) is 2.83.